The lowest BCUT2D eigenvalue weighted by Crippen LogP contribution is -2.15. The van der Waals surface area contributed by atoms with Gasteiger partial charge in [0, 0.05) is 13.3 Å². The Kier molecular flexibility index (Phi) is 4.95. The third kappa shape index (κ3) is 3.92. The summed E-state index contributed by atoms with van der Waals surface area (Å²) in [5.41, 5.74) is 2.27. The van der Waals surface area contributed by atoms with Crippen molar-refractivity contribution in [3.8, 4) is 0 Å². The Labute approximate surface area is 135 Å². The van der Waals surface area contributed by atoms with Gasteiger partial charge in [-0.2, -0.15) is 5.10 Å². The predicted molar refractivity (Wildman–Crippen MR) is 88.1 cm³/mol. The molecule has 0 aliphatic carbocycles. The third-order valence-electron chi connectivity index (χ3n) is 3.55. The number of nitrogens with one attached hydrogen (secondary N) is 2. The Bertz CT molecular complexity index is 715. The van der Waals surface area contributed by atoms with Gasteiger partial charge in [0.15, 0.2) is 5.82 Å². The number of nitrogens with zero attached hydrogens (tertiary/aromatic N) is 3. The van der Waals surface area contributed by atoms with Crippen LogP contribution in [0, 0.1) is 0 Å². The van der Waals surface area contributed by atoms with Crippen molar-refractivity contribution in [1.82, 2.24) is 20.2 Å². The van der Waals surface area contributed by atoms with E-state index in [1.54, 1.807) is 13.3 Å². The van der Waals surface area contributed by atoms with E-state index < -0.39 is 0 Å². The van der Waals surface area contributed by atoms with Crippen molar-refractivity contribution in [1.29, 1.82) is 0 Å². The topological polar surface area (TPSA) is 75.7 Å². The van der Waals surface area contributed by atoms with Crippen LogP contribution < -0.4 is 5.32 Å². The maximum absolute atomic E-state index is 5.13. The van der Waals surface area contributed by atoms with Crippen LogP contribution in [0.3, 0.4) is 0 Å². The van der Waals surface area contributed by atoms with Gasteiger partial charge in [-0.1, -0.05) is 30.3 Å². The number of aromatic amines is 1. The molecule has 2 N–H and O–H groups in total. The van der Waals surface area contributed by atoms with E-state index in [1.165, 1.54) is 11.9 Å². The van der Waals surface area contributed by atoms with Crippen LogP contribution in [0.4, 0.5) is 5.82 Å². The summed E-state index contributed by atoms with van der Waals surface area (Å²) >= 11 is 0. The molecule has 0 bridgehead atoms. The van der Waals surface area contributed by atoms with Gasteiger partial charge in [-0.15, -0.1) is 0 Å². The van der Waals surface area contributed by atoms with Gasteiger partial charge in [-0.3, -0.25) is 5.10 Å². The summed E-state index contributed by atoms with van der Waals surface area (Å²) in [6, 6.07) is 14.0. The first-order valence-corrected chi connectivity index (χ1v) is 7.47. The van der Waals surface area contributed by atoms with Gasteiger partial charge in [0.25, 0.3) is 0 Å². The van der Waals surface area contributed by atoms with Crippen molar-refractivity contribution in [2.45, 2.75) is 12.5 Å². The third-order valence-corrected chi connectivity index (χ3v) is 3.55. The van der Waals surface area contributed by atoms with E-state index in [0.717, 1.165) is 23.6 Å². The highest BCUT2D eigenvalue weighted by Crippen LogP contribution is 2.23. The summed E-state index contributed by atoms with van der Waals surface area (Å²) in [5, 5.41) is 10.3. The smallest absolute Gasteiger partial charge is 0.151 e. The summed E-state index contributed by atoms with van der Waals surface area (Å²) in [7, 11) is 1.70. The molecule has 0 aliphatic heterocycles. The van der Waals surface area contributed by atoms with Crippen molar-refractivity contribution in [3.63, 3.8) is 0 Å². The van der Waals surface area contributed by atoms with E-state index in [1.807, 2.05) is 30.3 Å². The van der Waals surface area contributed by atoms with E-state index in [4.69, 9.17) is 4.74 Å². The normalized spacial score (nSPS) is 12.0. The monoisotopic (exact) mass is 309 g/mol. The van der Waals surface area contributed by atoms with Gasteiger partial charge in [0.2, 0.25) is 0 Å². The minimum atomic E-state index is -0.135. The van der Waals surface area contributed by atoms with Gasteiger partial charge in [0.05, 0.1) is 6.61 Å². The molecule has 1 unspecified atom stereocenters. The first kappa shape index (κ1) is 15.2. The Balaban J connectivity index is 1.84. The highest BCUT2D eigenvalue weighted by molar-refractivity contribution is 5.43. The number of hydrogen-bond donors (Lipinski definition) is 2. The molecule has 3 aromatic rings. The number of benzene rings is 1. The molecule has 0 fully saturated rings. The minimum absolute atomic E-state index is 0.135. The second-order valence-corrected chi connectivity index (χ2v) is 5.15. The molecule has 6 nitrogen and oxygen atoms in total. The molecule has 6 heteroatoms. The van der Waals surface area contributed by atoms with Crippen LogP contribution in [0.15, 0.2) is 55.0 Å². The Morgan fingerprint density at radius 2 is 2.04 bits per heavy atom. The molecule has 0 aliphatic rings. The minimum Gasteiger partial charge on any atom is -0.384 e. The van der Waals surface area contributed by atoms with Crippen molar-refractivity contribution in [2.24, 2.45) is 0 Å². The Morgan fingerprint density at radius 1 is 1.17 bits per heavy atom. The fraction of sp³-hybridized carbons (Fsp3) is 0.235. The average Bonchev–Trinajstić information content (AvgIpc) is 3.13. The molecule has 2 heterocycles. The van der Waals surface area contributed by atoms with Crippen molar-refractivity contribution in [2.75, 3.05) is 19.0 Å². The van der Waals surface area contributed by atoms with Crippen LogP contribution in [0.1, 0.15) is 23.0 Å². The molecule has 0 amide bonds. The number of anilines is 1. The van der Waals surface area contributed by atoms with E-state index in [0.29, 0.717) is 6.61 Å². The summed E-state index contributed by atoms with van der Waals surface area (Å²) in [4.78, 5) is 8.69. The van der Waals surface area contributed by atoms with Gasteiger partial charge < -0.3 is 10.1 Å². The Morgan fingerprint density at radius 3 is 2.78 bits per heavy atom. The van der Waals surface area contributed by atoms with Gasteiger partial charge in [-0.25, -0.2) is 9.97 Å². The zero-order chi connectivity index (χ0) is 15.9. The molecule has 0 spiro atoms. The second-order valence-electron chi connectivity index (χ2n) is 5.15. The fourth-order valence-electron chi connectivity index (χ4n) is 2.39. The van der Waals surface area contributed by atoms with Crippen molar-refractivity contribution < 1.29 is 4.74 Å². The quantitative estimate of drug-likeness (QED) is 0.701. The molecular weight excluding hydrogens is 290 g/mol. The zero-order valence-electron chi connectivity index (χ0n) is 12.9. The number of pyridine rings is 1. The van der Waals surface area contributed by atoms with Gasteiger partial charge in [-0.05, 0) is 29.7 Å². The number of ether oxygens (including phenoxy) is 1. The lowest BCUT2D eigenvalue weighted by atomic mass is 10.1. The summed E-state index contributed by atoms with van der Waals surface area (Å²) in [5.74, 6) is 1.55. The van der Waals surface area contributed by atoms with E-state index >= 15 is 0 Å². The molecule has 0 saturated carbocycles. The predicted octanol–water partition coefficient (Wildman–Crippen LogP) is 2.59. The van der Waals surface area contributed by atoms with Crippen LogP contribution in [0.5, 0.6) is 0 Å². The molecular formula is C17H19N5O. The van der Waals surface area contributed by atoms with E-state index in [9.17, 15) is 0 Å². The maximum atomic E-state index is 5.13. The number of hydrogen-bond acceptors (Lipinski definition) is 5. The molecule has 0 radical (unpaired) electrons. The lowest BCUT2D eigenvalue weighted by Gasteiger charge is -2.18. The molecule has 3 rings (SSSR count). The highest BCUT2D eigenvalue weighted by Gasteiger charge is 2.17. The maximum Gasteiger partial charge on any atom is 0.151 e. The second kappa shape index (κ2) is 7.51. The molecule has 1 aromatic carbocycles. The largest absolute Gasteiger partial charge is 0.384 e. The fourth-order valence-corrected chi connectivity index (χ4v) is 2.39. The van der Waals surface area contributed by atoms with E-state index in [-0.39, 0.29) is 6.04 Å². The summed E-state index contributed by atoms with van der Waals surface area (Å²) in [6.45, 7) is 0.688. The van der Waals surface area contributed by atoms with Crippen LogP contribution in [0.25, 0.3) is 0 Å². The molecule has 23 heavy (non-hydrogen) atoms. The van der Waals surface area contributed by atoms with E-state index in [2.05, 4.69) is 37.6 Å². The van der Waals surface area contributed by atoms with Crippen LogP contribution >= 0.6 is 0 Å². The van der Waals surface area contributed by atoms with Gasteiger partial charge in [0.1, 0.15) is 18.2 Å². The Hall–Kier alpha value is -2.73. The lowest BCUT2D eigenvalue weighted by molar-refractivity contribution is 0.202. The first-order valence-electron chi connectivity index (χ1n) is 7.47. The summed E-state index contributed by atoms with van der Waals surface area (Å²) < 4.78 is 5.13. The highest BCUT2D eigenvalue weighted by atomic mass is 16.5. The van der Waals surface area contributed by atoms with Crippen LogP contribution in [0.2, 0.25) is 0 Å². The zero-order valence-corrected chi connectivity index (χ0v) is 12.9. The number of methoxy groups -OCH3 is 1. The van der Waals surface area contributed by atoms with Crippen molar-refractivity contribution >= 4 is 5.82 Å². The molecule has 1 atom stereocenters. The molecule has 118 valence electrons. The average molecular weight is 309 g/mol. The van der Waals surface area contributed by atoms with Gasteiger partial charge >= 0.3 is 0 Å². The number of aromatic nitrogens is 4. The van der Waals surface area contributed by atoms with Crippen molar-refractivity contribution in [3.05, 3.63) is 71.9 Å². The first-order chi connectivity index (χ1) is 11.4. The van der Waals surface area contributed by atoms with Crippen LogP contribution in [-0.2, 0) is 11.2 Å². The summed E-state index contributed by atoms with van der Waals surface area (Å²) in [6.07, 6.45) is 4.16. The SMILES string of the molecule is COCCc1ccnc(NC(c2ccccc2)c2ncn[nH]2)c1. The number of rotatable bonds is 7. The molecule has 2 aromatic heterocycles. The molecule has 0 saturated heterocycles. The number of H-pyrrole nitrogens is 1. The van der Waals surface area contributed by atoms with Crippen LogP contribution in [-0.4, -0.2) is 33.9 Å². The standard InChI is InChI=1S/C17H19N5O/c1-23-10-8-13-7-9-18-15(11-13)21-16(17-19-12-20-22-17)14-5-3-2-4-6-14/h2-7,9,11-12,16H,8,10H2,1H3,(H,18,21)(H,19,20,22).